The number of amides is 4. The second kappa shape index (κ2) is 11.4. The molecule has 2 aliphatic heterocycles. The Morgan fingerprint density at radius 1 is 0.851 bits per heavy atom. The van der Waals surface area contributed by atoms with Crippen molar-refractivity contribution in [3.63, 3.8) is 0 Å². The first kappa shape index (κ1) is 29.0. The number of aromatic nitrogens is 3. The number of nitrogens with zero attached hydrogens (tertiary/aromatic N) is 4. The van der Waals surface area contributed by atoms with E-state index >= 15 is 0 Å². The van der Waals surface area contributed by atoms with Crippen molar-refractivity contribution >= 4 is 45.4 Å². The number of aryl methyl sites for hydroxylation is 1. The average Bonchev–Trinajstić information content (AvgIpc) is 3.49. The predicted molar refractivity (Wildman–Crippen MR) is 172 cm³/mol. The second-order valence-electron chi connectivity index (χ2n) is 12.4. The van der Waals surface area contributed by atoms with Crippen molar-refractivity contribution in [3.8, 4) is 17.0 Å². The molecule has 3 aromatic heterocycles. The third-order valence-electron chi connectivity index (χ3n) is 9.47. The van der Waals surface area contributed by atoms with Gasteiger partial charge in [0.2, 0.25) is 17.7 Å². The third-order valence-corrected chi connectivity index (χ3v) is 9.47. The maximum absolute atomic E-state index is 13.1. The zero-order valence-electron chi connectivity index (χ0n) is 25.6. The van der Waals surface area contributed by atoms with Crippen LogP contribution >= 0.6 is 0 Å². The number of nitrogens with one attached hydrogen (secondary N) is 1. The number of carbonyl (C=O) groups is 4. The predicted octanol–water partition coefficient (Wildman–Crippen LogP) is 4.36. The number of carbonyl (C=O) groups excluding carboxylic acids is 4. The molecule has 4 amide bonds. The average molecular weight is 630 g/mol. The molecule has 3 aliphatic rings. The quantitative estimate of drug-likeness (QED) is 0.251. The van der Waals surface area contributed by atoms with Crippen LogP contribution in [0, 0.1) is 0 Å². The molecule has 8 rings (SSSR count). The molecule has 47 heavy (non-hydrogen) atoms. The van der Waals surface area contributed by atoms with Crippen molar-refractivity contribution in [3.05, 3.63) is 89.9 Å². The zero-order valence-corrected chi connectivity index (χ0v) is 25.6. The minimum absolute atomic E-state index is 0.0287. The van der Waals surface area contributed by atoms with Gasteiger partial charge in [-0.1, -0.05) is 18.2 Å². The molecule has 1 saturated carbocycles. The van der Waals surface area contributed by atoms with Crippen molar-refractivity contribution in [2.75, 3.05) is 6.61 Å². The van der Waals surface area contributed by atoms with E-state index in [2.05, 4.69) is 45.1 Å². The first-order chi connectivity index (χ1) is 22.8. The molecule has 0 bridgehead atoms. The maximum atomic E-state index is 13.1. The summed E-state index contributed by atoms with van der Waals surface area (Å²) < 4.78 is 14.3. The van der Waals surface area contributed by atoms with Crippen molar-refractivity contribution < 1.29 is 28.7 Å². The molecule has 2 aromatic carbocycles. The van der Waals surface area contributed by atoms with Crippen LogP contribution in [0.2, 0.25) is 0 Å². The molecule has 1 aliphatic carbocycles. The highest BCUT2D eigenvalue weighted by Crippen LogP contribution is 2.33. The van der Waals surface area contributed by atoms with Gasteiger partial charge in [0.15, 0.2) is 0 Å². The van der Waals surface area contributed by atoms with E-state index in [0.29, 0.717) is 18.9 Å². The van der Waals surface area contributed by atoms with Crippen LogP contribution in [0.3, 0.4) is 0 Å². The number of ether oxygens (including phenoxy) is 2. The molecule has 1 N–H and O–H groups in total. The van der Waals surface area contributed by atoms with Crippen LogP contribution < -0.4 is 10.1 Å². The molecule has 236 valence electrons. The van der Waals surface area contributed by atoms with Gasteiger partial charge in [-0.15, -0.1) is 0 Å². The summed E-state index contributed by atoms with van der Waals surface area (Å²) in [5, 5.41) is 4.52. The second-order valence-corrected chi connectivity index (χ2v) is 12.4. The molecule has 1 unspecified atom stereocenters. The Labute approximate surface area is 269 Å². The minimum Gasteiger partial charge on any atom is -0.474 e. The first-order valence-corrected chi connectivity index (χ1v) is 15.8. The van der Waals surface area contributed by atoms with Gasteiger partial charge in [0, 0.05) is 72.8 Å². The molecule has 11 nitrogen and oxygen atoms in total. The molecule has 1 atom stereocenters. The van der Waals surface area contributed by atoms with E-state index < -0.39 is 29.7 Å². The Kier molecular flexibility index (Phi) is 7.06. The lowest BCUT2D eigenvalue weighted by Gasteiger charge is -2.34. The minimum atomic E-state index is -0.974. The topological polar surface area (TPSA) is 133 Å². The lowest BCUT2D eigenvalue weighted by Crippen LogP contribution is -2.54. The fourth-order valence-electron chi connectivity index (χ4n) is 6.79. The summed E-state index contributed by atoms with van der Waals surface area (Å²) in [6.45, 7) is 0.458. The first-order valence-electron chi connectivity index (χ1n) is 15.8. The molecule has 5 aromatic rings. The number of rotatable bonds is 8. The Bertz CT molecular complexity index is 2100. The summed E-state index contributed by atoms with van der Waals surface area (Å²) in [6, 6.07) is 16.5. The highest BCUT2D eigenvalue weighted by Gasteiger charge is 2.44. The van der Waals surface area contributed by atoms with Crippen molar-refractivity contribution in [2.24, 2.45) is 7.05 Å². The van der Waals surface area contributed by atoms with Crippen molar-refractivity contribution in [1.29, 1.82) is 0 Å². The standard InChI is InChI=1S/C36H31N5O6/c1-40-29-10-12-37-19-28(29)25-6-3-21(15-31(25)40)22-4-9-33(38-18-22)47-24-16-23(17-24)46-13-11-20-2-5-26-27(14-20)36(45)41(35(26)44)30-7-8-32(42)39-34(30)43/h2-6,9-10,12,14-15,18-19,23-24,30H,7-8,11,13,16-17H2,1H3,(H,39,42,43). The van der Waals surface area contributed by atoms with E-state index in [1.165, 1.54) is 5.39 Å². The van der Waals surface area contributed by atoms with Crippen LogP contribution in [-0.2, 0) is 27.8 Å². The van der Waals surface area contributed by atoms with E-state index in [1.54, 1.807) is 18.2 Å². The van der Waals surface area contributed by atoms with Gasteiger partial charge in [-0.25, -0.2) is 4.98 Å². The smallest absolute Gasteiger partial charge is 0.262 e. The number of hydrogen-bond donors (Lipinski definition) is 1. The molecular formula is C36H31N5O6. The molecule has 5 heterocycles. The van der Waals surface area contributed by atoms with Crippen LogP contribution in [0.4, 0.5) is 0 Å². The molecule has 0 spiro atoms. The molecule has 0 radical (unpaired) electrons. The highest BCUT2D eigenvalue weighted by molar-refractivity contribution is 6.23. The fourth-order valence-corrected chi connectivity index (χ4v) is 6.79. The number of hydrogen-bond acceptors (Lipinski definition) is 8. The van der Waals surface area contributed by atoms with Gasteiger partial charge in [0.1, 0.15) is 12.1 Å². The number of imide groups is 2. The van der Waals surface area contributed by atoms with Gasteiger partial charge in [-0.3, -0.25) is 34.4 Å². The molecule has 1 saturated heterocycles. The summed E-state index contributed by atoms with van der Waals surface area (Å²) in [5.41, 5.74) is 5.80. The summed E-state index contributed by atoms with van der Waals surface area (Å²) in [7, 11) is 2.07. The van der Waals surface area contributed by atoms with Crippen molar-refractivity contribution in [1.82, 2.24) is 24.8 Å². The summed E-state index contributed by atoms with van der Waals surface area (Å²) >= 11 is 0. The van der Waals surface area contributed by atoms with E-state index in [1.807, 2.05) is 36.8 Å². The van der Waals surface area contributed by atoms with Gasteiger partial charge in [0.05, 0.1) is 29.4 Å². The number of pyridine rings is 2. The molecule has 2 fully saturated rings. The highest BCUT2D eigenvalue weighted by atomic mass is 16.5. The van der Waals surface area contributed by atoms with Crippen LogP contribution in [0.1, 0.15) is 52.0 Å². The summed E-state index contributed by atoms with van der Waals surface area (Å²) in [5.74, 6) is -1.45. The van der Waals surface area contributed by atoms with Gasteiger partial charge in [-0.2, -0.15) is 0 Å². The summed E-state index contributed by atoms with van der Waals surface area (Å²) in [4.78, 5) is 59.6. The Hall–Kier alpha value is -5.42. The maximum Gasteiger partial charge on any atom is 0.262 e. The monoisotopic (exact) mass is 629 g/mol. The van der Waals surface area contributed by atoms with E-state index in [4.69, 9.17) is 9.47 Å². The van der Waals surface area contributed by atoms with Gasteiger partial charge in [-0.05, 0) is 54.3 Å². The SMILES string of the molecule is Cn1c2ccncc2c2ccc(-c3ccc(OC4CC(OCCc5ccc6c(c5)C(=O)N(C5CCC(=O)NC5=O)C6=O)C4)nc3)cc21. The van der Waals surface area contributed by atoms with E-state index in [0.717, 1.165) is 50.9 Å². The van der Waals surface area contributed by atoms with Crippen LogP contribution in [0.15, 0.2) is 73.2 Å². The lowest BCUT2D eigenvalue weighted by molar-refractivity contribution is -0.136. The Morgan fingerprint density at radius 3 is 2.49 bits per heavy atom. The van der Waals surface area contributed by atoms with Crippen LogP contribution in [0.5, 0.6) is 5.88 Å². The fraction of sp³-hybridized carbons (Fsp3) is 0.278. The number of piperidine rings is 1. The Morgan fingerprint density at radius 2 is 1.68 bits per heavy atom. The normalized spacial score (nSPS) is 20.9. The zero-order chi connectivity index (χ0) is 32.2. The van der Waals surface area contributed by atoms with Gasteiger partial charge in [0.25, 0.3) is 11.8 Å². The van der Waals surface area contributed by atoms with Gasteiger partial charge < -0.3 is 14.0 Å². The molecule has 11 heteroatoms. The third kappa shape index (κ3) is 5.12. The summed E-state index contributed by atoms with van der Waals surface area (Å²) in [6.07, 6.45) is 7.96. The van der Waals surface area contributed by atoms with Crippen LogP contribution in [-0.4, -0.2) is 67.9 Å². The van der Waals surface area contributed by atoms with E-state index in [-0.39, 0.29) is 36.2 Å². The van der Waals surface area contributed by atoms with E-state index in [9.17, 15) is 19.2 Å². The van der Waals surface area contributed by atoms with Crippen LogP contribution in [0.25, 0.3) is 32.9 Å². The Balaban J connectivity index is 0.826. The number of fused-ring (bicyclic) bond motifs is 4. The largest absolute Gasteiger partial charge is 0.474 e. The lowest BCUT2D eigenvalue weighted by atomic mass is 9.92. The van der Waals surface area contributed by atoms with Crippen molar-refractivity contribution in [2.45, 2.75) is 50.4 Å². The number of benzene rings is 2. The van der Waals surface area contributed by atoms with Gasteiger partial charge >= 0.3 is 0 Å². The molecular weight excluding hydrogens is 598 g/mol.